The Morgan fingerprint density at radius 3 is 2.82 bits per heavy atom. The number of rotatable bonds is 3. The smallest absolute Gasteiger partial charge is 0.0953 e. The summed E-state index contributed by atoms with van der Waals surface area (Å²) in [5.74, 6) is 0. The molecule has 1 aromatic rings. The first kappa shape index (κ1) is 11.2. The van der Waals surface area contributed by atoms with Crippen LogP contribution >= 0.6 is 0 Å². The molecule has 3 rings (SSSR count). The van der Waals surface area contributed by atoms with Crippen LogP contribution < -0.4 is 5.32 Å². The number of nitrogens with one attached hydrogen (secondary N) is 1. The minimum Gasteiger partial charge on any atom is -0.374 e. The number of morpholine rings is 1. The van der Waals surface area contributed by atoms with E-state index in [9.17, 15) is 0 Å². The van der Waals surface area contributed by atoms with Crippen LogP contribution in [0.1, 0.15) is 30.1 Å². The molecule has 2 fully saturated rings. The Kier molecular flexibility index (Phi) is 2.90. The first-order chi connectivity index (χ1) is 8.36. The van der Waals surface area contributed by atoms with Crippen LogP contribution in [0.15, 0.2) is 24.3 Å². The molecule has 92 valence electrons. The van der Waals surface area contributed by atoms with Gasteiger partial charge in [-0.15, -0.1) is 0 Å². The van der Waals surface area contributed by atoms with E-state index in [1.54, 1.807) is 0 Å². The molecule has 1 aliphatic carbocycles. The van der Waals surface area contributed by atoms with Crippen molar-refractivity contribution in [3.63, 3.8) is 0 Å². The van der Waals surface area contributed by atoms with Gasteiger partial charge in [0.05, 0.1) is 18.3 Å². The Bertz CT molecular complexity index is 395. The second-order valence-electron chi connectivity index (χ2n) is 4.85. The van der Waals surface area contributed by atoms with Crippen molar-refractivity contribution in [1.82, 2.24) is 5.32 Å². The van der Waals surface area contributed by atoms with Crippen LogP contribution in [0.3, 0.4) is 0 Å². The zero-order valence-electron chi connectivity index (χ0n) is 10.2. The van der Waals surface area contributed by atoms with Crippen molar-refractivity contribution in [2.24, 2.45) is 0 Å². The standard InChI is InChI=1S/C14H19NO2/c1-16-14(6-7-14)12-5-3-2-4-11(12)13-10-15-8-9-17-13/h2-5,13,15H,6-10H2,1H3. The molecule has 3 nitrogen and oxygen atoms in total. The van der Waals surface area contributed by atoms with Gasteiger partial charge in [0.15, 0.2) is 0 Å². The first-order valence-corrected chi connectivity index (χ1v) is 6.33. The lowest BCUT2D eigenvalue weighted by molar-refractivity contribution is 0.0221. The molecule has 1 atom stereocenters. The first-order valence-electron chi connectivity index (χ1n) is 6.33. The summed E-state index contributed by atoms with van der Waals surface area (Å²) in [7, 11) is 1.81. The van der Waals surface area contributed by atoms with E-state index in [1.165, 1.54) is 11.1 Å². The topological polar surface area (TPSA) is 30.5 Å². The van der Waals surface area contributed by atoms with E-state index in [-0.39, 0.29) is 11.7 Å². The van der Waals surface area contributed by atoms with E-state index < -0.39 is 0 Å². The summed E-state index contributed by atoms with van der Waals surface area (Å²) < 4.78 is 11.5. The predicted molar refractivity (Wildman–Crippen MR) is 65.9 cm³/mol. The molecule has 0 radical (unpaired) electrons. The Hall–Kier alpha value is -0.900. The van der Waals surface area contributed by atoms with Gasteiger partial charge in [-0.05, 0) is 24.0 Å². The Balaban J connectivity index is 1.93. The van der Waals surface area contributed by atoms with E-state index in [0.717, 1.165) is 32.5 Å². The Morgan fingerprint density at radius 1 is 1.35 bits per heavy atom. The highest BCUT2D eigenvalue weighted by Crippen LogP contribution is 2.50. The molecule has 17 heavy (non-hydrogen) atoms. The van der Waals surface area contributed by atoms with Gasteiger partial charge in [0.2, 0.25) is 0 Å². The highest BCUT2D eigenvalue weighted by molar-refractivity contribution is 5.38. The van der Waals surface area contributed by atoms with Crippen LogP contribution in [0.2, 0.25) is 0 Å². The molecular weight excluding hydrogens is 214 g/mol. The van der Waals surface area contributed by atoms with Gasteiger partial charge in [0.1, 0.15) is 0 Å². The molecule has 0 aromatic heterocycles. The van der Waals surface area contributed by atoms with Crippen LogP contribution in [0, 0.1) is 0 Å². The summed E-state index contributed by atoms with van der Waals surface area (Å²) in [6.45, 7) is 2.64. The van der Waals surface area contributed by atoms with Gasteiger partial charge < -0.3 is 14.8 Å². The average molecular weight is 233 g/mol. The van der Waals surface area contributed by atoms with E-state index in [4.69, 9.17) is 9.47 Å². The van der Waals surface area contributed by atoms with E-state index in [1.807, 2.05) is 7.11 Å². The molecule has 1 saturated heterocycles. The fraction of sp³-hybridized carbons (Fsp3) is 0.571. The second-order valence-corrected chi connectivity index (χ2v) is 4.85. The molecule has 1 aromatic carbocycles. The molecule has 1 N–H and O–H groups in total. The summed E-state index contributed by atoms with van der Waals surface area (Å²) in [6.07, 6.45) is 2.42. The zero-order valence-corrected chi connectivity index (χ0v) is 10.2. The number of benzene rings is 1. The summed E-state index contributed by atoms with van der Waals surface area (Å²) in [5, 5.41) is 3.38. The zero-order chi connectivity index (χ0) is 11.7. The Morgan fingerprint density at radius 2 is 2.18 bits per heavy atom. The average Bonchev–Trinajstić information content (AvgIpc) is 3.21. The van der Waals surface area contributed by atoms with Crippen molar-refractivity contribution in [1.29, 1.82) is 0 Å². The van der Waals surface area contributed by atoms with E-state index >= 15 is 0 Å². The fourth-order valence-electron chi connectivity index (χ4n) is 2.65. The number of ether oxygens (including phenoxy) is 2. The summed E-state index contributed by atoms with van der Waals surface area (Å²) in [5.41, 5.74) is 2.58. The molecule has 1 unspecified atom stereocenters. The highest BCUT2D eigenvalue weighted by atomic mass is 16.5. The van der Waals surface area contributed by atoms with Crippen LogP contribution in [-0.4, -0.2) is 26.8 Å². The highest BCUT2D eigenvalue weighted by Gasteiger charge is 2.46. The SMILES string of the molecule is COC1(c2ccccc2C2CNCCO2)CC1. The van der Waals surface area contributed by atoms with Crippen molar-refractivity contribution in [2.75, 3.05) is 26.8 Å². The van der Waals surface area contributed by atoms with Crippen molar-refractivity contribution < 1.29 is 9.47 Å². The van der Waals surface area contributed by atoms with Crippen LogP contribution in [0.4, 0.5) is 0 Å². The second kappa shape index (κ2) is 4.41. The lowest BCUT2D eigenvalue weighted by atomic mass is 9.96. The van der Waals surface area contributed by atoms with Crippen molar-refractivity contribution in [3.8, 4) is 0 Å². The molecule has 1 saturated carbocycles. The van der Waals surface area contributed by atoms with Crippen molar-refractivity contribution in [3.05, 3.63) is 35.4 Å². The molecule has 1 aliphatic heterocycles. The normalized spacial score (nSPS) is 26.8. The van der Waals surface area contributed by atoms with Crippen molar-refractivity contribution >= 4 is 0 Å². The lowest BCUT2D eigenvalue weighted by Gasteiger charge is -2.28. The fourth-order valence-corrected chi connectivity index (χ4v) is 2.65. The predicted octanol–water partition coefficient (Wildman–Crippen LogP) is 1.98. The Labute approximate surface area is 102 Å². The lowest BCUT2D eigenvalue weighted by Crippen LogP contribution is -2.34. The third kappa shape index (κ3) is 1.99. The minimum atomic E-state index is -0.0304. The molecule has 2 aliphatic rings. The quantitative estimate of drug-likeness (QED) is 0.866. The maximum atomic E-state index is 5.85. The number of methoxy groups -OCH3 is 1. The summed E-state index contributed by atoms with van der Waals surface area (Å²) in [6, 6.07) is 8.53. The van der Waals surface area contributed by atoms with Gasteiger partial charge in [-0.2, -0.15) is 0 Å². The van der Waals surface area contributed by atoms with Gasteiger partial charge in [-0.25, -0.2) is 0 Å². The molecule has 0 amide bonds. The minimum absolute atomic E-state index is 0.0304. The summed E-state index contributed by atoms with van der Waals surface area (Å²) >= 11 is 0. The van der Waals surface area contributed by atoms with Crippen LogP contribution in [0.5, 0.6) is 0 Å². The van der Waals surface area contributed by atoms with Crippen molar-refractivity contribution in [2.45, 2.75) is 24.5 Å². The maximum absolute atomic E-state index is 5.85. The third-order valence-electron chi connectivity index (χ3n) is 3.82. The van der Waals surface area contributed by atoms with Gasteiger partial charge in [-0.3, -0.25) is 0 Å². The molecular formula is C14H19NO2. The van der Waals surface area contributed by atoms with Gasteiger partial charge in [0.25, 0.3) is 0 Å². The third-order valence-corrected chi connectivity index (χ3v) is 3.82. The number of hydrogen-bond donors (Lipinski definition) is 1. The molecule has 0 bridgehead atoms. The molecule has 1 heterocycles. The maximum Gasteiger partial charge on any atom is 0.0953 e. The monoisotopic (exact) mass is 233 g/mol. The van der Waals surface area contributed by atoms with Crippen LogP contribution in [0.25, 0.3) is 0 Å². The number of hydrogen-bond acceptors (Lipinski definition) is 3. The van der Waals surface area contributed by atoms with E-state index in [0.29, 0.717) is 0 Å². The molecule has 3 heteroatoms. The van der Waals surface area contributed by atoms with Gasteiger partial charge in [-0.1, -0.05) is 24.3 Å². The van der Waals surface area contributed by atoms with Gasteiger partial charge >= 0.3 is 0 Å². The summed E-state index contributed by atoms with van der Waals surface area (Å²) in [4.78, 5) is 0. The van der Waals surface area contributed by atoms with Gasteiger partial charge in [0, 0.05) is 20.2 Å². The van der Waals surface area contributed by atoms with Crippen LogP contribution in [-0.2, 0) is 15.1 Å². The van der Waals surface area contributed by atoms with E-state index in [2.05, 4.69) is 29.6 Å². The molecule has 0 spiro atoms. The largest absolute Gasteiger partial charge is 0.374 e.